The van der Waals surface area contributed by atoms with Crippen LogP contribution in [0.4, 0.5) is 0 Å². The van der Waals surface area contributed by atoms with Crippen LogP contribution in [-0.2, 0) is 9.84 Å². The summed E-state index contributed by atoms with van der Waals surface area (Å²) in [6.45, 7) is 2.71. The Hall–Kier alpha value is 0.220. The molecule has 0 spiro atoms. The third-order valence-electron chi connectivity index (χ3n) is 2.56. The first-order valence-electron chi connectivity index (χ1n) is 5.21. The smallest absolute Gasteiger partial charge is 0.164 e. The maximum absolute atomic E-state index is 11.6. The second kappa shape index (κ2) is 6.08. The molecule has 1 heterocycles. The predicted molar refractivity (Wildman–Crippen MR) is 66.1 cm³/mol. The summed E-state index contributed by atoms with van der Waals surface area (Å²) in [5.41, 5.74) is 0. The zero-order valence-electron chi connectivity index (χ0n) is 9.40. The molecule has 6 heteroatoms. The van der Waals surface area contributed by atoms with Crippen molar-refractivity contribution in [3.8, 4) is 0 Å². The van der Waals surface area contributed by atoms with Gasteiger partial charge in [0, 0.05) is 30.9 Å². The topological polar surface area (TPSA) is 49.4 Å². The molecule has 0 bridgehead atoms. The fourth-order valence-corrected chi connectivity index (χ4v) is 4.70. The first-order valence-corrected chi connectivity index (χ1v) is 8.32. The highest BCUT2D eigenvalue weighted by Crippen LogP contribution is 2.20. The summed E-state index contributed by atoms with van der Waals surface area (Å²) < 4.78 is 23.1. The van der Waals surface area contributed by atoms with Crippen LogP contribution in [0.25, 0.3) is 0 Å². The zero-order valence-corrected chi connectivity index (χ0v) is 11.0. The van der Waals surface area contributed by atoms with Crippen molar-refractivity contribution in [3.05, 3.63) is 0 Å². The molecule has 4 nitrogen and oxygen atoms in total. The van der Waals surface area contributed by atoms with Crippen LogP contribution in [0.3, 0.4) is 0 Å². The van der Waals surface area contributed by atoms with Gasteiger partial charge in [-0.25, -0.2) is 8.42 Å². The highest BCUT2D eigenvalue weighted by Gasteiger charge is 2.30. The standard InChI is InChI=1S/C9H20N2O2S2/c1-10-4-3-5-11-6-7-14-8-9(11)15(2,12)13/h9-10H,3-8H2,1-2H3. The molecule has 0 radical (unpaired) electrons. The molecule has 0 aliphatic carbocycles. The quantitative estimate of drug-likeness (QED) is 0.699. The maximum atomic E-state index is 11.6. The van der Waals surface area contributed by atoms with Crippen molar-refractivity contribution in [2.24, 2.45) is 0 Å². The SMILES string of the molecule is CNCCCN1CCSCC1S(C)(=O)=O. The number of hydrogen-bond acceptors (Lipinski definition) is 5. The van der Waals surface area contributed by atoms with E-state index in [0.717, 1.165) is 37.6 Å². The molecule has 0 aromatic carbocycles. The molecular formula is C9H20N2O2S2. The van der Waals surface area contributed by atoms with Crippen LogP contribution in [0, 0.1) is 0 Å². The van der Waals surface area contributed by atoms with E-state index in [1.165, 1.54) is 6.26 Å². The molecular weight excluding hydrogens is 232 g/mol. The lowest BCUT2D eigenvalue weighted by atomic mass is 10.3. The highest BCUT2D eigenvalue weighted by molar-refractivity contribution is 8.00. The molecule has 1 atom stereocenters. The molecule has 1 unspecified atom stereocenters. The van der Waals surface area contributed by atoms with Gasteiger partial charge in [0.05, 0.1) is 0 Å². The number of thioether (sulfide) groups is 1. The van der Waals surface area contributed by atoms with Crippen molar-refractivity contribution in [3.63, 3.8) is 0 Å². The molecule has 1 fully saturated rings. The molecule has 1 aliphatic heterocycles. The minimum Gasteiger partial charge on any atom is -0.320 e. The van der Waals surface area contributed by atoms with Crippen molar-refractivity contribution >= 4 is 21.6 Å². The third kappa shape index (κ3) is 4.30. The molecule has 0 saturated carbocycles. The summed E-state index contributed by atoms with van der Waals surface area (Å²) in [6.07, 6.45) is 2.35. The number of rotatable bonds is 5. The lowest BCUT2D eigenvalue weighted by Gasteiger charge is -2.33. The van der Waals surface area contributed by atoms with Gasteiger partial charge in [-0.05, 0) is 20.0 Å². The van der Waals surface area contributed by atoms with E-state index in [9.17, 15) is 8.42 Å². The maximum Gasteiger partial charge on any atom is 0.164 e. The van der Waals surface area contributed by atoms with E-state index >= 15 is 0 Å². The van der Waals surface area contributed by atoms with Gasteiger partial charge in [0.2, 0.25) is 0 Å². The van der Waals surface area contributed by atoms with E-state index in [-0.39, 0.29) is 5.37 Å². The van der Waals surface area contributed by atoms with Gasteiger partial charge in [-0.15, -0.1) is 0 Å². The van der Waals surface area contributed by atoms with Crippen LogP contribution >= 0.6 is 11.8 Å². The van der Waals surface area contributed by atoms with E-state index in [1.54, 1.807) is 11.8 Å². The molecule has 1 aliphatic rings. The zero-order chi connectivity index (χ0) is 11.3. The Morgan fingerprint density at radius 2 is 2.27 bits per heavy atom. The lowest BCUT2D eigenvalue weighted by Crippen LogP contribution is -2.47. The summed E-state index contributed by atoms with van der Waals surface area (Å²) in [6, 6.07) is 0. The minimum atomic E-state index is -2.93. The normalized spacial score (nSPS) is 24.3. The fourth-order valence-electron chi connectivity index (χ4n) is 1.72. The Morgan fingerprint density at radius 1 is 1.53 bits per heavy atom. The van der Waals surface area contributed by atoms with Gasteiger partial charge < -0.3 is 5.32 Å². The van der Waals surface area contributed by atoms with Crippen LogP contribution in [0.1, 0.15) is 6.42 Å². The minimum absolute atomic E-state index is 0.270. The Bertz CT molecular complexity index is 280. The van der Waals surface area contributed by atoms with Crippen molar-refractivity contribution in [1.29, 1.82) is 0 Å². The molecule has 0 amide bonds. The third-order valence-corrected chi connectivity index (χ3v) is 5.24. The summed E-state index contributed by atoms with van der Waals surface area (Å²) in [4.78, 5) is 2.10. The van der Waals surface area contributed by atoms with E-state index in [2.05, 4.69) is 10.2 Å². The molecule has 90 valence electrons. The van der Waals surface area contributed by atoms with Gasteiger partial charge in [0.1, 0.15) is 5.37 Å². The van der Waals surface area contributed by atoms with Crippen LogP contribution in [0.15, 0.2) is 0 Å². The van der Waals surface area contributed by atoms with Gasteiger partial charge in [-0.1, -0.05) is 0 Å². The second-order valence-corrected chi connectivity index (χ2v) is 7.21. The van der Waals surface area contributed by atoms with Gasteiger partial charge in [-0.3, -0.25) is 4.90 Å². The first kappa shape index (κ1) is 13.3. The van der Waals surface area contributed by atoms with Crippen molar-refractivity contribution in [1.82, 2.24) is 10.2 Å². The van der Waals surface area contributed by atoms with Crippen LogP contribution in [0.2, 0.25) is 0 Å². The lowest BCUT2D eigenvalue weighted by molar-refractivity contribution is 0.267. The van der Waals surface area contributed by atoms with E-state index in [4.69, 9.17) is 0 Å². The number of nitrogens with zero attached hydrogens (tertiary/aromatic N) is 1. The fraction of sp³-hybridized carbons (Fsp3) is 1.00. The Balaban J connectivity index is 2.51. The van der Waals surface area contributed by atoms with Gasteiger partial charge in [-0.2, -0.15) is 11.8 Å². The predicted octanol–water partition coefficient (Wildman–Crippen LogP) is 0.0154. The summed E-state index contributed by atoms with van der Waals surface area (Å²) in [7, 11) is -1.01. The largest absolute Gasteiger partial charge is 0.320 e. The summed E-state index contributed by atoms with van der Waals surface area (Å²) >= 11 is 1.74. The molecule has 15 heavy (non-hydrogen) atoms. The number of hydrogen-bond donors (Lipinski definition) is 1. The average Bonchev–Trinajstić information content (AvgIpc) is 2.17. The monoisotopic (exact) mass is 252 g/mol. The van der Waals surface area contributed by atoms with Gasteiger partial charge in [0.25, 0.3) is 0 Å². The first-order chi connectivity index (χ1) is 7.05. The van der Waals surface area contributed by atoms with Gasteiger partial charge >= 0.3 is 0 Å². The van der Waals surface area contributed by atoms with E-state index < -0.39 is 9.84 Å². The molecule has 0 aromatic heterocycles. The molecule has 1 N–H and O–H groups in total. The van der Waals surface area contributed by atoms with Crippen molar-refractivity contribution in [2.75, 3.05) is 44.4 Å². The summed E-state index contributed by atoms with van der Waals surface area (Å²) in [5.74, 6) is 1.77. The highest BCUT2D eigenvalue weighted by atomic mass is 32.2. The van der Waals surface area contributed by atoms with Crippen molar-refractivity contribution in [2.45, 2.75) is 11.8 Å². The number of nitrogens with one attached hydrogen (secondary N) is 1. The molecule has 1 saturated heterocycles. The Labute approximate surface area is 96.7 Å². The second-order valence-electron chi connectivity index (χ2n) is 3.85. The summed E-state index contributed by atoms with van der Waals surface area (Å²) in [5, 5.41) is 2.81. The Kier molecular flexibility index (Phi) is 5.38. The Morgan fingerprint density at radius 3 is 2.87 bits per heavy atom. The van der Waals surface area contributed by atoms with Crippen LogP contribution in [-0.4, -0.2) is 63.1 Å². The van der Waals surface area contributed by atoms with Crippen molar-refractivity contribution < 1.29 is 8.42 Å². The van der Waals surface area contributed by atoms with E-state index in [0.29, 0.717) is 0 Å². The van der Waals surface area contributed by atoms with E-state index in [1.807, 2.05) is 7.05 Å². The van der Waals surface area contributed by atoms with Crippen LogP contribution in [0.5, 0.6) is 0 Å². The number of sulfone groups is 1. The average molecular weight is 252 g/mol. The van der Waals surface area contributed by atoms with Gasteiger partial charge in [0.15, 0.2) is 9.84 Å². The molecule has 1 rings (SSSR count). The van der Waals surface area contributed by atoms with Crippen LogP contribution < -0.4 is 5.32 Å². The molecule has 0 aromatic rings.